The van der Waals surface area contributed by atoms with Gasteiger partial charge in [-0.3, -0.25) is 4.79 Å². The number of rotatable bonds is 5. The average Bonchev–Trinajstić information content (AvgIpc) is 3.37. The number of amides is 1. The lowest BCUT2D eigenvalue weighted by Crippen LogP contribution is -2.26. The minimum absolute atomic E-state index is 0.00965. The molecule has 132 valence electrons. The number of hydrogen-bond donors (Lipinski definition) is 0. The molecule has 0 aliphatic heterocycles. The molecule has 4 rings (SSSR count). The number of carbonyl (C=O) groups is 1. The second kappa shape index (κ2) is 7.01. The fourth-order valence-electron chi connectivity index (χ4n) is 2.93. The van der Waals surface area contributed by atoms with Gasteiger partial charge < -0.3 is 4.90 Å². The summed E-state index contributed by atoms with van der Waals surface area (Å²) in [6.45, 7) is 3.18. The van der Waals surface area contributed by atoms with Crippen molar-refractivity contribution in [2.24, 2.45) is 0 Å². The van der Waals surface area contributed by atoms with Crippen LogP contribution in [0.1, 0.15) is 25.8 Å². The van der Waals surface area contributed by atoms with Gasteiger partial charge in [-0.15, -0.1) is 22.7 Å². The Kier molecular flexibility index (Phi) is 4.57. The Hall–Kier alpha value is -2.51. The lowest BCUT2D eigenvalue weighted by Gasteiger charge is -2.17. The van der Waals surface area contributed by atoms with Gasteiger partial charge in [0.05, 0.1) is 30.2 Å². The number of nitrogens with zero attached hydrogens (tertiary/aromatic N) is 4. The lowest BCUT2D eigenvalue weighted by molar-refractivity contribution is 0.0788. The van der Waals surface area contributed by atoms with Crippen molar-refractivity contribution in [1.82, 2.24) is 19.7 Å². The van der Waals surface area contributed by atoms with Crippen LogP contribution in [0.2, 0.25) is 0 Å². The average molecular weight is 383 g/mol. The molecule has 7 heteroatoms. The van der Waals surface area contributed by atoms with Crippen molar-refractivity contribution in [3.63, 3.8) is 0 Å². The van der Waals surface area contributed by atoms with Crippen LogP contribution in [0.15, 0.2) is 47.3 Å². The molecule has 0 unspecified atom stereocenters. The molecule has 0 aromatic carbocycles. The molecule has 1 amide bonds. The second-order valence-electron chi connectivity index (χ2n) is 6.17. The Labute approximate surface area is 159 Å². The normalized spacial score (nSPS) is 11.2. The quantitative estimate of drug-likeness (QED) is 0.520. The maximum atomic E-state index is 13.0. The summed E-state index contributed by atoms with van der Waals surface area (Å²) in [5, 5.41) is 9.36. The summed E-state index contributed by atoms with van der Waals surface area (Å²) in [5.41, 5.74) is 2.23. The largest absolute Gasteiger partial charge is 0.337 e. The zero-order chi connectivity index (χ0) is 18.1. The third-order valence-electron chi connectivity index (χ3n) is 4.17. The standard InChI is InChI=1S/C19H18N4OS2/c1-13-9-16(19(24)22(2)11-14-5-3-7-25-14)17-10-20-23(18(17)21-13)12-15-6-4-8-26-15/h3-10H,11-12H2,1-2H3. The molecule has 0 atom stereocenters. The van der Waals surface area contributed by atoms with Crippen LogP contribution in [0.25, 0.3) is 11.0 Å². The molecule has 4 aromatic rings. The number of aromatic nitrogens is 3. The lowest BCUT2D eigenvalue weighted by atomic mass is 10.1. The Bertz CT molecular complexity index is 1040. The fraction of sp³-hybridized carbons (Fsp3) is 0.211. The first-order valence-electron chi connectivity index (χ1n) is 8.25. The van der Waals surface area contributed by atoms with E-state index in [1.807, 2.05) is 53.7 Å². The van der Waals surface area contributed by atoms with Crippen molar-refractivity contribution in [1.29, 1.82) is 0 Å². The third kappa shape index (κ3) is 3.27. The Morgan fingerprint density at radius 3 is 2.62 bits per heavy atom. The van der Waals surface area contributed by atoms with Crippen molar-refractivity contribution < 1.29 is 4.79 Å². The monoisotopic (exact) mass is 382 g/mol. The van der Waals surface area contributed by atoms with E-state index in [2.05, 4.69) is 16.1 Å². The molecule has 0 aliphatic carbocycles. The van der Waals surface area contributed by atoms with E-state index in [1.54, 1.807) is 33.8 Å². The highest BCUT2D eigenvalue weighted by Crippen LogP contribution is 2.22. The highest BCUT2D eigenvalue weighted by Gasteiger charge is 2.19. The summed E-state index contributed by atoms with van der Waals surface area (Å²) >= 11 is 3.34. The van der Waals surface area contributed by atoms with Crippen LogP contribution in [0.3, 0.4) is 0 Å². The maximum absolute atomic E-state index is 13.0. The molecule has 0 bridgehead atoms. The number of hydrogen-bond acceptors (Lipinski definition) is 5. The van der Waals surface area contributed by atoms with Crippen LogP contribution >= 0.6 is 22.7 Å². The van der Waals surface area contributed by atoms with Gasteiger partial charge in [-0.25, -0.2) is 9.67 Å². The zero-order valence-corrected chi connectivity index (χ0v) is 16.2. The molecule has 0 saturated carbocycles. The molecule has 26 heavy (non-hydrogen) atoms. The number of carbonyl (C=O) groups excluding carboxylic acids is 1. The highest BCUT2D eigenvalue weighted by atomic mass is 32.1. The van der Waals surface area contributed by atoms with Gasteiger partial charge in [0.1, 0.15) is 0 Å². The van der Waals surface area contributed by atoms with E-state index < -0.39 is 0 Å². The van der Waals surface area contributed by atoms with Crippen molar-refractivity contribution in [3.05, 3.63) is 68.3 Å². The van der Waals surface area contributed by atoms with E-state index in [0.717, 1.165) is 21.6 Å². The van der Waals surface area contributed by atoms with E-state index >= 15 is 0 Å². The highest BCUT2D eigenvalue weighted by molar-refractivity contribution is 7.10. The summed E-state index contributed by atoms with van der Waals surface area (Å²) in [7, 11) is 1.83. The fourth-order valence-corrected chi connectivity index (χ4v) is 4.37. The summed E-state index contributed by atoms with van der Waals surface area (Å²) in [6.07, 6.45) is 1.75. The summed E-state index contributed by atoms with van der Waals surface area (Å²) in [6, 6.07) is 10.0. The van der Waals surface area contributed by atoms with Crippen LogP contribution in [0.5, 0.6) is 0 Å². The number of thiophene rings is 2. The zero-order valence-electron chi connectivity index (χ0n) is 14.5. The molecule has 0 radical (unpaired) electrons. The topological polar surface area (TPSA) is 51.0 Å². The van der Waals surface area contributed by atoms with Gasteiger partial charge in [0.2, 0.25) is 0 Å². The van der Waals surface area contributed by atoms with Gasteiger partial charge >= 0.3 is 0 Å². The van der Waals surface area contributed by atoms with Crippen LogP contribution < -0.4 is 0 Å². The Balaban J connectivity index is 1.68. The first-order valence-corrected chi connectivity index (χ1v) is 10.0. The minimum Gasteiger partial charge on any atom is -0.337 e. The van der Waals surface area contributed by atoms with Gasteiger partial charge in [0.15, 0.2) is 5.65 Å². The smallest absolute Gasteiger partial charge is 0.254 e. The Morgan fingerprint density at radius 2 is 1.92 bits per heavy atom. The summed E-state index contributed by atoms with van der Waals surface area (Å²) in [5.74, 6) is -0.00965. The molecule has 0 spiro atoms. The van der Waals surface area contributed by atoms with Crippen LogP contribution in [0.4, 0.5) is 0 Å². The number of fused-ring (bicyclic) bond motifs is 1. The third-order valence-corrected chi connectivity index (χ3v) is 5.90. The molecule has 4 heterocycles. The van der Waals surface area contributed by atoms with Crippen LogP contribution in [0, 0.1) is 6.92 Å². The van der Waals surface area contributed by atoms with Crippen LogP contribution in [-0.2, 0) is 13.1 Å². The van der Waals surface area contributed by atoms with Crippen molar-refractivity contribution >= 4 is 39.6 Å². The van der Waals surface area contributed by atoms with Gasteiger partial charge in [0.25, 0.3) is 5.91 Å². The summed E-state index contributed by atoms with van der Waals surface area (Å²) < 4.78 is 1.87. The summed E-state index contributed by atoms with van der Waals surface area (Å²) in [4.78, 5) is 21.8. The number of aryl methyl sites for hydroxylation is 1. The molecule has 5 nitrogen and oxygen atoms in total. The second-order valence-corrected chi connectivity index (χ2v) is 8.24. The SMILES string of the molecule is Cc1cc(C(=O)N(C)Cc2cccs2)c2cnn(Cc3cccs3)c2n1. The van der Waals surface area contributed by atoms with Gasteiger partial charge in [-0.2, -0.15) is 5.10 Å². The van der Waals surface area contributed by atoms with Crippen LogP contribution in [-0.4, -0.2) is 32.6 Å². The molecular weight excluding hydrogens is 364 g/mol. The molecule has 4 aromatic heterocycles. The molecule has 0 aliphatic rings. The van der Waals surface area contributed by atoms with Crippen molar-refractivity contribution in [2.75, 3.05) is 7.05 Å². The van der Waals surface area contributed by atoms with E-state index in [9.17, 15) is 4.79 Å². The Morgan fingerprint density at radius 1 is 1.19 bits per heavy atom. The minimum atomic E-state index is -0.00965. The predicted molar refractivity (Wildman–Crippen MR) is 106 cm³/mol. The van der Waals surface area contributed by atoms with E-state index in [4.69, 9.17) is 0 Å². The number of pyridine rings is 1. The predicted octanol–water partition coefficient (Wildman–Crippen LogP) is 4.18. The van der Waals surface area contributed by atoms with Crippen molar-refractivity contribution in [3.8, 4) is 0 Å². The first kappa shape index (κ1) is 16.9. The molecular formula is C19H18N4OS2. The van der Waals surface area contributed by atoms with Gasteiger partial charge in [-0.1, -0.05) is 12.1 Å². The molecule has 0 saturated heterocycles. The molecule has 0 fully saturated rings. The molecule has 0 N–H and O–H groups in total. The van der Waals surface area contributed by atoms with E-state index in [1.165, 1.54) is 4.88 Å². The van der Waals surface area contributed by atoms with Crippen molar-refractivity contribution in [2.45, 2.75) is 20.0 Å². The van der Waals surface area contributed by atoms with Gasteiger partial charge in [0, 0.05) is 22.5 Å². The maximum Gasteiger partial charge on any atom is 0.254 e. The first-order chi connectivity index (χ1) is 12.6. The van der Waals surface area contributed by atoms with E-state index in [-0.39, 0.29) is 5.91 Å². The van der Waals surface area contributed by atoms with Gasteiger partial charge in [-0.05, 0) is 35.9 Å². The van der Waals surface area contributed by atoms with E-state index in [0.29, 0.717) is 18.7 Å².